The van der Waals surface area contributed by atoms with Gasteiger partial charge >= 0.3 is 0 Å². The molecule has 2 heterocycles. The molecule has 3 aliphatic rings. The number of likely N-dealkylation sites (tertiary alicyclic amines) is 1. The molecule has 0 radical (unpaired) electrons. The zero-order chi connectivity index (χ0) is 23.5. The van der Waals surface area contributed by atoms with Crippen LogP contribution in [0.15, 0.2) is 40.7 Å². The van der Waals surface area contributed by atoms with E-state index in [2.05, 4.69) is 25.7 Å². The summed E-state index contributed by atoms with van der Waals surface area (Å²) < 4.78 is 21.6. The lowest BCUT2D eigenvalue weighted by Crippen LogP contribution is -2.42. The minimum Gasteiger partial charge on any atom is -0.498 e. The van der Waals surface area contributed by atoms with Crippen molar-refractivity contribution in [1.29, 1.82) is 0 Å². The molecule has 1 aromatic heterocycles. The second-order valence-electron chi connectivity index (χ2n) is 10.5. The molecule has 1 saturated heterocycles. The summed E-state index contributed by atoms with van der Waals surface area (Å²) in [6.45, 7) is 10.7. The van der Waals surface area contributed by atoms with Crippen molar-refractivity contribution in [3.8, 4) is 0 Å². The summed E-state index contributed by atoms with van der Waals surface area (Å²) in [4.78, 5) is 21.1. The summed E-state index contributed by atoms with van der Waals surface area (Å²) in [7, 11) is 1.50. The number of hydrogen-bond donors (Lipinski definition) is 0. The van der Waals surface area contributed by atoms with Crippen molar-refractivity contribution >= 4 is 16.5 Å². The van der Waals surface area contributed by atoms with Gasteiger partial charge in [0.25, 0.3) is 5.56 Å². The number of halogens is 1. The molecular formula is C27H34FN3O2. The highest BCUT2D eigenvalue weighted by Gasteiger charge is 2.57. The standard InChI is InChI=1S/C27H34FN3O2/c1-16(2)30-10-6-9-27(15-30)14-25(27)31-18(4)29-23-8-7-19(12-21(23)26(31)32)20-13-22(28)24(33-5)11-17(20)3/h7-8,12-13,16-17,25H,6,9-11,14-15H2,1-5H3. The quantitative estimate of drug-likeness (QED) is 0.625. The van der Waals surface area contributed by atoms with Crippen LogP contribution >= 0.6 is 0 Å². The van der Waals surface area contributed by atoms with Crippen molar-refractivity contribution in [2.24, 2.45) is 11.3 Å². The summed E-state index contributed by atoms with van der Waals surface area (Å²) >= 11 is 0. The number of nitrogens with zero attached hydrogens (tertiary/aromatic N) is 3. The zero-order valence-corrected chi connectivity index (χ0v) is 20.3. The van der Waals surface area contributed by atoms with Gasteiger partial charge in [0.15, 0.2) is 5.83 Å². The van der Waals surface area contributed by atoms with Crippen molar-refractivity contribution in [2.75, 3.05) is 20.2 Å². The number of hydrogen-bond acceptors (Lipinski definition) is 4. The predicted octanol–water partition coefficient (Wildman–Crippen LogP) is 5.39. The highest BCUT2D eigenvalue weighted by atomic mass is 19.1. The first-order chi connectivity index (χ1) is 15.7. The van der Waals surface area contributed by atoms with Crippen LogP contribution in [0.25, 0.3) is 16.5 Å². The van der Waals surface area contributed by atoms with Crippen molar-refractivity contribution in [3.05, 3.63) is 57.6 Å². The van der Waals surface area contributed by atoms with E-state index in [0.29, 0.717) is 29.1 Å². The molecule has 1 saturated carbocycles. The molecule has 3 atom stereocenters. The van der Waals surface area contributed by atoms with E-state index in [4.69, 9.17) is 9.72 Å². The molecule has 0 N–H and O–H groups in total. The van der Waals surface area contributed by atoms with Crippen LogP contribution in [-0.2, 0) is 4.74 Å². The fraction of sp³-hybridized carbons (Fsp3) is 0.556. The van der Waals surface area contributed by atoms with Gasteiger partial charge < -0.3 is 9.64 Å². The molecule has 0 amide bonds. The molecule has 5 nitrogen and oxygen atoms in total. The highest BCUT2D eigenvalue weighted by Crippen LogP contribution is 2.61. The summed E-state index contributed by atoms with van der Waals surface area (Å²) in [5, 5.41) is 0.617. The van der Waals surface area contributed by atoms with Crippen LogP contribution in [0.4, 0.5) is 4.39 Å². The topological polar surface area (TPSA) is 47.4 Å². The SMILES string of the molecule is COC1=C(F)C=C(c2ccc3nc(C)n(C4CC45CCCN(C(C)C)C5)c(=O)c3c2)C(C)C1. The minimum atomic E-state index is -0.336. The van der Waals surface area contributed by atoms with Gasteiger partial charge in [-0.3, -0.25) is 9.36 Å². The van der Waals surface area contributed by atoms with E-state index in [-0.39, 0.29) is 28.8 Å². The second-order valence-corrected chi connectivity index (χ2v) is 10.5. The number of fused-ring (bicyclic) bond motifs is 1. The minimum absolute atomic E-state index is 0.0283. The van der Waals surface area contributed by atoms with Gasteiger partial charge in [0.1, 0.15) is 11.6 Å². The Hall–Kier alpha value is -2.47. The molecule has 5 rings (SSSR count). The maximum atomic E-state index is 14.5. The van der Waals surface area contributed by atoms with E-state index in [1.165, 1.54) is 20.0 Å². The van der Waals surface area contributed by atoms with Gasteiger partial charge in [-0.05, 0) is 81.8 Å². The Bertz CT molecular complexity index is 1230. The number of allylic oxidation sites excluding steroid dienone is 4. The molecule has 0 bridgehead atoms. The lowest BCUT2D eigenvalue weighted by Gasteiger charge is -2.36. The third kappa shape index (κ3) is 3.72. The lowest BCUT2D eigenvalue weighted by atomic mass is 9.86. The highest BCUT2D eigenvalue weighted by molar-refractivity contribution is 5.84. The van der Waals surface area contributed by atoms with E-state index >= 15 is 0 Å². The molecule has 2 aliphatic carbocycles. The third-order valence-electron chi connectivity index (χ3n) is 8.05. The zero-order valence-electron chi connectivity index (χ0n) is 20.3. The molecular weight excluding hydrogens is 417 g/mol. The second kappa shape index (κ2) is 8.08. The Labute approximate surface area is 194 Å². The largest absolute Gasteiger partial charge is 0.498 e. The third-order valence-corrected chi connectivity index (χ3v) is 8.05. The van der Waals surface area contributed by atoms with Gasteiger partial charge in [0.2, 0.25) is 0 Å². The first-order valence-corrected chi connectivity index (χ1v) is 12.2. The van der Waals surface area contributed by atoms with Gasteiger partial charge in [0.05, 0.1) is 18.0 Å². The molecule has 3 unspecified atom stereocenters. The molecule has 1 aromatic carbocycles. The number of methoxy groups -OCH3 is 1. The number of ether oxygens (including phenoxy) is 1. The predicted molar refractivity (Wildman–Crippen MR) is 130 cm³/mol. The molecule has 2 aromatic rings. The average Bonchev–Trinajstić information content (AvgIpc) is 3.46. The average molecular weight is 452 g/mol. The molecule has 33 heavy (non-hydrogen) atoms. The normalized spacial score (nSPS) is 28.0. The van der Waals surface area contributed by atoms with Crippen molar-refractivity contribution in [3.63, 3.8) is 0 Å². The molecule has 1 spiro atoms. The Kier molecular flexibility index (Phi) is 5.47. The smallest absolute Gasteiger partial charge is 0.261 e. The van der Waals surface area contributed by atoms with Crippen molar-refractivity contribution < 1.29 is 9.13 Å². The molecule has 6 heteroatoms. The molecule has 1 aliphatic heterocycles. The number of piperidine rings is 1. The summed E-state index contributed by atoms with van der Waals surface area (Å²) in [6.07, 6.45) is 5.46. The van der Waals surface area contributed by atoms with E-state index in [1.807, 2.05) is 29.7 Å². The van der Waals surface area contributed by atoms with Gasteiger partial charge in [-0.25, -0.2) is 9.37 Å². The first kappa shape index (κ1) is 22.3. The van der Waals surface area contributed by atoms with Gasteiger partial charge in [-0.2, -0.15) is 0 Å². The van der Waals surface area contributed by atoms with E-state index in [9.17, 15) is 9.18 Å². The monoisotopic (exact) mass is 451 g/mol. The van der Waals surface area contributed by atoms with E-state index in [1.54, 1.807) is 6.08 Å². The van der Waals surface area contributed by atoms with Crippen LogP contribution in [-0.4, -0.2) is 40.7 Å². The van der Waals surface area contributed by atoms with E-state index < -0.39 is 0 Å². The summed E-state index contributed by atoms with van der Waals surface area (Å²) in [6, 6.07) is 6.49. The van der Waals surface area contributed by atoms with E-state index in [0.717, 1.165) is 36.5 Å². The summed E-state index contributed by atoms with van der Waals surface area (Å²) in [5.41, 5.74) is 2.70. The summed E-state index contributed by atoms with van der Waals surface area (Å²) in [5.74, 6) is 0.937. The van der Waals surface area contributed by atoms with Crippen LogP contribution in [0.5, 0.6) is 0 Å². The van der Waals surface area contributed by atoms with Crippen molar-refractivity contribution in [1.82, 2.24) is 14.5 Å². The fourth-order valence-corrected chi connectivity index (χ4v) is 6.02. The maximum Gasteiger partial charge on any atom is 0.261 e. The number of aromatic nitrogens is 2. The van der Waals surface area contributed by atoms with Crippen LogP contribution < -0.4 is 5.56 Å². The Balaban J connectivity index is 1.54. The number of benzene rings is 1. The van der Waals surface area contributed by atoms with Gasteiger partial charge in [-0.15, -0.1) is 0 Å². The van der Waals surface area contributed by atoms with Gasteiger partial charge in [-0.1, -0.05) is 13.0 Å². The fourth-order valence-electron chi connectivity index (χ4n) is 6.02. The van der Waals surface area contributed by atoms with Crippen LogP contribution in [0.1, 0.15) is 63.9 Å². The number of rotatable bonds is 4. The lowest BCUT2D eigenvalue weighted by molar-refractivity contribution is 0.119. The molecule has 2 fully saturated rings. The first-order valence-electron chi connectivity index (χ1n) is 12.2. The van der Waals surface area contributed by atoms with Crippen LogP contribution in [0.2, 0.25) is 0 Å². The Morgan fingerprint density at radius 2 is 2.09 bits per heavy atom. The Morgan fingerprint density at radius 1 is 1.30 bits per heavy atom. The number of aryl methyl sites for hydroxylation is 1. The van der Waals surface area contributed by atoms with Gasteiger partial charge in [0, 0.05) is 30.5 Å². The van der Waals surface area contributed by atoms with Crippen molar-refractivity contribution in [2.45, 2.75) is 65.5 Å². The van der Waals surface area contributed by atoms with Crippen LogP contribution in [0.3, 0.4) is 0 Å². The Morgan fingerprint density at radius 3 is 2.82 bits per heavy atom. The molecule has 176 valence electrons. The maximum absolute atomic E-state index is 14.5. The van der Waals surface area contributed by atoms with Crippen LogP contribution in [0, 0.1) is 18.3 Å².